The standard InChI is InChI=1S/C14H20N2O3/c1-14(18)5-7-16(8-6-14)10-12-4-3-11(9-15-12)13(17)19-2/h3-4,9,18H,5-8,10H2,1-2H3. The Morgan fingerprint density at radius 1 is 1.47 bits per heavy atom. The van der Waals surface area contributed by atoms with Gasteiger partial charge in [0, 0.05) is 25.8 Å². The van der Waals surface area contributed by atoms with Gasteiger partial charge in [-0.2, -0.15) is 0 Å². The SMILES string of the molecule is COC(=O)c1ccc(CN2CCC(C)(O)CC2)nc1. The summed E-state index contributed by atoms with van der Waals surface area (Å²) in [5.74, 6) is -0.368. The molecule has 104 valence electrons. The summed E-state index contributed by atoms with van der Waals surface area (Å²) in [7, 11) is 1.36. The zero-order valence-electron chi connectivity index (χ0n) is 11.4. The average Bonchev–Trinajstić information content (AvgIpc) is 2.41. The van der Waals surface area contributed by atoms with Gasteiger partial charge >= 0.3 is 5.97 Å². The molecular weight excluding hydrogens is 244 g/mol. The van der Waals surface area contributed by atoms with Crippen molar-refractivity contribution in [2.45, 2.75) is 31.9 Å². The maximum absolute atomic E-state index is 11.3. The molecule has 5 heteroatoms. The van der Waals surface area contributed by atoms with Gasteiger partial charge in [0.2, 0.25) is 0 Å². The van der Waals surface area contributed by atoms with Crippen LogP contribution in [0.4, 0.5) is 0 Å². The number of aromatic nitrogens is 1. The van der Waals surface area contributed by atoms with Gasteiger partial charge in [0.05, 0.1) is 24.0 Å². The van der Waals surface area contributed by atoms with Crippen LogP contribution in [0.2, 0.25) is 0 Å². The Bertz CT molecular complexity index is 433. The maximum Gasteiger partial charge on any atom is 0.339 e. The number of methoxy groups -OCH3 is 1. The van der Waals surface area contributed by atoms with Crippen LogP contribution in [-0.2, 0) is 11.3 Å². The summed E-state index contributed by atoms with van der Waals surface area (Å²) in [6.07, 6.45) is 3.11. The fourth-order valence-corrected chi connectivity index (χ4v) is 2.18. The van der Waals surface area contributed by atoms with Crippen molar-refractivity contribution >= 4 is 5.97 Å². The molecule has 1 aromatic rings. The first-order valence-corrected chi connectivity index (χ1v) is 6.48. The van der Waals surface area contributed by atoms with Crippen molar-refractivity contribution in [2.75, 3.05) is 20.2 Å². The lowest BCUT2D eigenvalue weighted by molar-refractivity contribution is -0.00758. The van der Waals surface area contributed by atoms with Crippen molar-refractivity contribution < 1.29 is 14.6 Å². The van der Waals surface area contributed by atoms with Gasteiger partial charge in [0.1, 0.15) is 0 Å². The van der Waals surface area contributed by atoms with E-state index < -0.39 is 5.60 Å². The molecule has 2 heterocycles. The van der Waals surface area contributed by atoms with Gasteiger partial charge in [-0.3, -0.25) is 9.88 Å². The number of aliphatic hydroxyl groups is 1. The van der Waals surface area contributed by atoms with Crippen LogP contribution >= 0.6 is 0 Å². The topological polar surface area (TPSA) is 62.7 Å². The molecule has 1 N–H and O–H groups in total. The average molecular weight is 264 g/mol. The Labute approximate surface area is 113 Å². The largest absolute Gasteiger partial charge is 0.465 e. The molecule has 1 aliphatic heterocycles. The number of ether oxygens (including phenoxy) is 1. The van der Waals surface area contributed by atoms with Gasteiger partial charge in [0.25, 0.3) is 0 Å². The lowest BCUT2D eigenvalue weighted by Gasteiger charge is -2.35. The highest BCUT2D eigenvalue weighted by molar-refractivity contribution is 5.88. The number of esters is 1. The van der Waals surface area contributed by atoms with E-state index in [1.165, 1.54) is 7.11 Å². The van der Waals surface area contributed by atoms with Crippen molar-refractivity contribution in [3.63, 3.8) is 0 Å². The van der Waals surface area contributed by atoms with E-state index in [4.69, 9.17) is 0 Å². The quantitative estimate of drug-likeness (QED) is 0.832. The fourth-order valence-electron chi connectivity index (χ4n) is 2.18. The van der Waals surface area contributed by atoms with Gasteiger partial charge in [-0.25, -0.2) is 4.79 Å². The lowest BCUT2D eigenvalue weighted by atomic mass is 9.94. The summed E-state index contributed by atoms with van der Waals surface area (Å²) >= 11 is 0. The van der Waals surface area contributed by atoms with Gasteiger partial charge in [-0.15, -0.1) is 0 Å². The predicted molar refractivity (Wildman–Crippen MR) is 70.7 cm³/mol. The Morgan fingerprint density at radius 2 is 2.16 bits per heavy atom. The second kappa shape index (κ2) is 5.67. The fraction of sp³-hybridized carbons (Fsp3) is 0.571. The highest BCUT2D eigenvalue weighted by Crippen LogP contribution is 2.22. The van der Waals surface area contributed by atoms with E-state index in [1.807, 2.05) is 13.0 Å². The van der Waals surface area contributed by atoms with E-state index in [0.29, 0.717) is 5.56 Å². The van der Waals surface area contributed by atoms with Crippen molar-refractivity contribution in [2.24, 2.45) is 0 Å². The third kappa shape index (κ3) is 3.75. The molecule has 1 saturated heterocycles. The van der Waals surface area contributed by atoms with Crippen LogP contribution in [0.3, 0.4) is 0 Å². The maximum atomic E-state index is 11.3. The van der Waals surface area contributed by atoms with Gasteiger partial charge in [-0.1, -0.05) is 0 Å². The molecule has 1 aliphatic rings. The Morgan fingerprint density at radius 3 is 2.68 bits per heavy atom. The summed E-state index contributed by atoms with van der Waals surface area (Å²) in [5.41, 5.74) is 0.862. The number of hydrogen-bond donors (Lipinski definition) is 1. The second-order valence-corrected chi connectivity index (χ2v) is 5.30. The molecule has 0 aromatic carbocycles. The molecule has 0 aliphatic carbocycles. The number of carbonyl (C=O) groups is 1. The number of pyridine rings is 1. The summed E-state index contributed by atoms with van der Waals surface area (Å²) in [5, 5.41) is 9.89. The molecule has 0 saturated carbocycles. The van der Waals surface area contributed by atoms with Crippen LogP contribution in [-0.4, -0.2) is 46.8 Å². The zero-order valence-corrected chi connectivity index (χ0v) is 11.4. The van der Waals surface area contributed by atoms with E-state index in [2.05, 4.69) is 14.6 Å². The van der Waals surface area contributed by atoms with Crippen LogP contribution in [0.15, 0.2) is 18.3 Å². The van der Waals surface area contributed by atoms with E-state index in [-0.39, 0.29) is 5.97 Å². The van der Waals surface area contributed by atoms with Crippen LogP contribution in [0, 0.1) is 0 Å². The number of carbonyl (C=O) groups excluding carboxylic acids is 1. The first-order chi connectivity index (χ1) is 9.00. The minimum Gasteiger partial charge on any atom is -0.465 e. The minimum absolute atomic E-state index is 0.368. The molecule has 5 nitrogen and oxygen atoms in total. The van der Waals surface area contributed by atoms with Gasteiger partial charge in [-0.05, 0) is 31.9 Å². The molecule has 0 atom stereocenters. The van der Waals surface area contributed by atoms with Crippen molar-refractivity contribution in [3.8, 4) is 0 Å². The number of nitrogens with zero attached hydrogens (tertiary/aromatic N) is 2. The molecule has 1 aromatic heterocycles. The molecule has 0 radical (unpaired) electrons. The van der Waals surface area contributed by atoms with Crippen LogP contribution in [0.25, 0.3) is 0 Å². The molecule has 1 fully saturated rings. The second-order valence-electron chi connectivity index (χ2n) is 5.30. The van der Waals surface area contributed by atoms with Crippen LogP contribution in [0.1, 0.15) is 35.8 Å². The summed E-state index contributed by atoms with van der Waals surface area (Å²) in [6.45, 7) is 4.37. The smallest absolute Gasteiger partial charge is 0.339 e. The number of hydrogen-bond acceptors (Lipinski definition) is 5. The molecule has 0 spiro atoms. The minimum atomic E-state index is -0.529. The van der Waals surface area contributed by atoms with E-state index in [0.717, 1.165) is 38.2 Å². The normalized spacial score (nSPS) is 19.1. The van der Waals surface area contributed by atoms with Crippen LogP contribution in [0.5, 0.6) is 0 Å². The van der Waals surface area contributed by atoms with Crippen molar-refractivity contribution in [1.82, 2.24) is 9.88 Å². The third-order valence-corrected chi connectivity index (χ3v) is 3.56. The highest BCUT2D eigenvalue weighted by Gasteiger charge is 2.27. The molecular formula is C14H20N2O3. The molecule has 0 bridgehead atoms. The molecule has 2 rings (SSSR count). The van der Waals surface area contributed by atoms with Crippen molar-refractivity contribution in [3.05, 3.63) is 29.6 Å². The third-order valence-electron chi connectivity index (χ3n) is 3.56. The predicted octanol–water partition coefficient (Wildman–Crippen LogP) is 1.22. The highest BCUT2D eigenvalue weighted by atomic mass is 16.5. The number of piperidine rings is 1. The van der Waals surface area contributed by atoms with E-state index in [1.54, 1.807) is 12.3 Å². The zero-order chi connectivity index (χ0) is 13.9. The molecule has 0 amide bonds. The monoisotopic (exact) mass is 264 g/mol. The Kier molecular flexibility index (Phi) is 4.17. The Balaban J connectivity index is 1.92. The van der Waals surface area contributed by atoms with Gasteiger partial charge in [0.15, 0.2) is 0 Å². The van der Waals surface area contributed by atoms with E-state index >= 15 is 0 Å². The lowest BCUT2D eigenvalue weighted by Crippen LogP contribution is -2.42. The molecule has 19 heavy (non-hydrogen) atoms. The van der Waals surface area contributed by atoms with Crippen molar-refractivity contribution in [1.29, 1.82) is 0 Å². The number of rotatable bonds is 3. The summed E-state index contributed by atoms with van der Waals surface area (Å²) < 4.78 is 4.63. The first kappa shape index (κ1) is 14.0. The summed E-state index contributed by atoms with van der Waals surface area (Å²) in [6, 6.07) is 3.58. The first-order valence-electron chi connectivity index (χ1n) is 6.48. The van der Waals surface area contributed by atoms with E-state index in [9.17, 15) is 9.90 Å². The Hall–Kier alpha value is -1.46. The number of likely N-dealkylation sites (tertiary alicyclic amines) is 1. The molecule has 0 unspecified atom stereocenters. The summed E-state index contributed by atoms with van der Waals surface area (Å²) in [4.78, 5) is 17.8. The van der Waals surface area contributed by atoms with Crippen LogP contribution < -0.4 is 0 Å². The van der Waals surface area contributed by atoms with Gasteiger partial charge < -0.3 is 9.84 Å².